The summed E-state index contributed by atoms with van der Waals surface area (Å²) in [5.41, 5.74) is 10.7. The van der Waals surface area contributed by atoms with Crippen molar-refractivity contribution in [2.45, 2.75) is 6.54 Å². The second-order valence-electron chi connectivity index (χ2n) is 3.66. The molecule has 2 heteroatoms. The Morgan fingerprint density at radius 3 is 1.82 bits per heavy atom. The minimum absolute atomic E-state index is 0. The Labute approximate surface area is 145 Å². The molecule has 17 heavy (non-hydrogen) atoms. The smallest absolute Gasteiger partial charge is 0.674 e. The molecule has 0 aliphatic heterocycles. The Balaban J connectivity index is 0.00000144. The van der Waals surface area contributed by atoms with Gasteiger partial charge in [0.05, 0.1) is 0 Å². The van der Waals surface area contributed by atoms with Gasteiger partial charge in [0.25, 0.3) is 0 Å². The van der Waals surface area contributed by atoms with Gasteiger partial charge in [-0.05, 0) is 11.1 Å². The van der Waals surface area contributed by atoms with Crippen LogP contribution in [-0.2, 0) is 6.54 Å². The predicted molar refractivity (Wildman–Crippen MR) is 69.8 cm³/mol. The molecule has 0 radical (unpaired) electrons. The maximum absolute atomic E-state index is 7.23. The van der Waals surface area contributed by atoms with E-state index in [1.165, 1.54) is 11.1 Å². The molecule has 0 fully saturated rings. The van der Waals surface area contributed by atoms with Crippen LogP contribution in [0.15, 0.2) is 54.6 Å². The summed E-state index contributed by atoms with van der Waals surface area (Å²) in [5, 5.41) is 0. The molecular formula is C15H14KN. The van der Waals surface area contributed by atoms with Crippen LogP contribution in [0.1, 0.15) is 16.7 Å². The first kappa shape index (κ1) is 14.8. The summed E-state index contributed by atoms with van der Waals surface area (Å²) >= 11 is 0. The Bertz CT molecular complexity index is 460. The number of hydrogen-bond donors (Lipinski definition) is 0. The maximum atomic E-state index is 7.23. The molecule has 0 bridgehead atoms. The molecule has 0 aliphatic carbocycles. The molecule has 0 unspecified atom stereocenters. The van der Waals surface area contributed by atoms with Gasteiger partial charge in [-0.3, -0.25) is 0 Å². The molecule has 2 aromatic rings. The monoisotopic (exact) mass is 247 g/mol. The molecule has 0 saturated carbocycles. The normalized spacial score (nSPS) is 10.2. The molecule has 0 aromatic heterocycles. The minimum Gasteiger partial charge on any atom is -0.674 e. The third kappa shape index (κ3) is 4.88. The van der Waals surface area contributed by atoms with Gasteiger partial charge in [0.1, 0.15) is 0 Å². The average molecular weight is 247 g/mol. The van der Waals surface area contributed by atoms with Crippen LogP contribution in [0.25, 0.3) is 17.9 Å². The summed E-state index contributed by atoms with van der Waals surface area (Å²) in [6.45, 7) is 0.350. The Morgan fingerprint density at radius 2 is 1.29 bits per heavy atom. The first-order chi connectivity index (χ1) is 7.88. The van der Waals surface area contributed by atoms with Crippen LogP contribution < -0.4 is 51.4 Å². The molecule has 1 nitrogen and oxygen atoms in total. The van der Waals surface area contributed by atoms with Crippen molar-refractivity contribution >= 4 is 12.2 Å². The van der Waals surface area contributed by atoms with Crippen molar-refractivity contribution in [2.24, 2.45) is 0 Å². The van der Waals surface area contributed by atoms with Gasteiger partial charge in [0.15, 0.2) is 0 Å². The van der Waals surface area contributed by atoms with Crippen LogP contribution >= 0.6 is 0 Å². The molecule has 2 rings (SSSR count). The summed E-state index contributed by atoms with van der Waals surface area (Å²) in [4.78, 5) is 0. The molecule has 1 N–H and O–H groups in total. The van der Waals surface area contributed by atoms with E-state index in [2.05, 4.69) is 24.3 Å². The van der Waals surface area contributed by atoms with Gasteiger partial charge >= 0.3 is 51.4 Å². The summed E-state index contributed by atoms with van der Waals surface area (Å²) in [6.07, 6.45) is 4.18. The Hall–Kier alpha value is -0.224. The van der Waals surface area contributed by atoms with Gasteiger partial charge in [0, 0.05) is 0 Å². The number of nitrogens with one attached hydrogen (secondary N) is 1. The van der Waals surface area contributed by atoms with E-state index in [4.69, 9.17) is 5.73 Å². The van der Waals surface area contributed by atoms with Gasteiger partial charge in [0.2, 0.25) is 0 Å². The van der Waals surface area contributed by atoms with E-state index in [-0.39, 0.29) is 51.4 Å². The molecular weight excluding hydrogens is 233 g/mol. The average Bonchev–Trinajstić information content (AvgIpc) is 2.38. The molecule has 0 atom stereocenters. The molecule has 0 saturated heterocycles. The molecule has 0 spiro atoms. The van der Waals surface area contributed by atoms with Crippen molar-refractivity contribution in [1.29, 1.82) is 0 Å². The summed E-state index contributed by atoms with van der Waals surface area (Å²) < 4.78 is 0. The van der Waals surface area contributed by atoms with Gasteiger partial charge in [-0.2, -0.15) is 0 Å². The van der Waals surface area contributed by atoms with Crippen LogP contribution in [0.5, 0.6) is 0 Å². The van der Waals surface area contributed by atoms with Gasteiger partial charge < -0.3 is 5.73 Å². The number of rotatable bonds is 3. The Kier molecular flexibility index (Phi) is 6.96. The van der Waals surface area contributed by atoms with Gasteiger partial charge in [-0.15, -0.1) is 6.54 Å². The fraction of sp³-hybridized carbons (Fsp3) is 0.0667. The van der Waals surface area contributed by atoms with Crippen LogP contribution in [0, 0.1) is 0 Å². The SMILES string of the molecule is [K+].[NH-]Cc1ccc(/C=C/c2ccccc2)cc1. The second-order valence-corrected chi connectivity index (χ2v) is 3.66. The number of hydrogen-bond acceptors (Lipinski definition) is 0. The first-order valence-corrected chi connectivity index (χ1v) is 5.35. The zero-order valence-electron chi connectivity index (χ0n) is 10.1. The molecule has 0 amide bonds. The maximum Gasteiger partial charge on any atom is 1.00 e. The van der Waals surface area contributed by atoms with E-state index >= 15 is 0 Å². The van der Waals surface area contributed by atoms with Gasteiger partial charge in [-0.25, -0.2) is 0 Å². The van der Waals surface area contributed by atoms with Crippen molar-refractivity contribution < 1.29 is 51.4 Å². The minimum atomic E-state index is 0. The van der Waals surface area contributed by atoms with Crippen LogP contribution in [0.3, 0.4) is 0 Å². The standard InChI is InChI=1S/C15H14N.K/c16-12-15-10-8-14(9-11-15)7-6-13-4-2-1-3-5-13;/h1-11,16H,12H2;/q-1;+1/b7-6+;. The van der Waals surface area contributed by atoms with E-state index in [1.807, 2.05) is 42.5 Å². The molecule has 0 aliphatic rings. The second kappa shape index (κ2) is 7.98. The topological polar surface area (TPSA) is 23.8 Å². The fourth-order valence-electron chi connectivity index (χ4n) is 1.50. The van der Waals surface area contributed by atoms with E-state index < -0.39 is 0 Å². The summed E-state index contributed by atoms with van der Waals surface area (Å²) in [5.74, 6) is 0. The van der Waals surface area contributed by atoms with E-state index in [0.29, 0.717) is 6.54 Å². The van der Waals surface area contributed by atoms with Crippen molar-refractivity contribution in [1.82, 2.24) is 0 Å². The third-order valence-electron chi connectivity index (χ3n) is 2.45. The fourth-order valence-corrected chi connectivity index (χ4v) is 1.50. The molecule has 80 valence electrons. The van der Waals surface area contributed by atoms with Crippen molar-refractivity contribution in [3.63, 3.8) is 0 Å². The van der Waals surface area contributed by atoms with Crippen molar-refractivity contribution in [3.8, 4) is 0 Å². The number of benzene rings is 2. The van der Waals surface area contributed by atoms with E-state index in [1.54, 1.807) is 0 Å². The van der Waals surface area contributed by atoms with Crippen LogP contribution in [0.2, 0.25) is 0 Å². The van der Waals surface area contributed by atoms with Gasteiger partial charge in [-0.1, -0.05) is 72.3 Å². The predicted octanol–water partition coefficient (Wildman–Crippen LogP) is 1.41. The largest absolute Gasteiger partial charge is 1.00 e. The van der Waals surface area contributed by atoms with Crippen LogP contribution in [-0.4, -0.2) is 0 Å². The van der Waals surface area contributed by atoms with E-state index in [0.717, 1.165) is 5.56 Å². The van der Waals surface area contributed by atoms with Crippen molar-refractivity contribution in [3.05, 3.63) is 77.0 Å². The molecule has 2 aromatic carbocycles. The summed E-state index contributed by atoms with van der Waals surface area (Å²) in [6, 6.07) is 18.3. The zero-order chi connectivity index (χ0) is 11.2. The summed E-state index contributed by atoms with van der Waals surface area (Å²) in [7, 11) is 0. The van der Waals surface area contributed by atoms with Crippen molar-refractivity contribution in [2.75, 3.05) is 0 Å². The first-order valence-electron chi connectivity index (χ1n) is 5.35. The van der Waals surface area contributed by atoms with Crippen LogP contribution in [0.4, 0.5) is 0 Å². The third-order valence-corrected chi connectivity index (χ3v) is 2.45. The zero-order valence-corrected chi connectivity index (χ0v) is 13.2. The quantitative estimate of drug-likeness (QED) is 0.578. The molecule has 0 heterocycles. The Morgan fingerprint density at radius 1 is 0.765 bits per heavy atom. The van der Waals surface area contributed by atoms with E-state index in [9.17, 15) is 0 Å².